The molecule has 1 heterocycles. The average Bonchev–Trinajstić information content (AvgIpc) is 2.82. The number of rotatable bonds is 3. The van der Waals surface area contributed by atoms with E-state index in [1.807, 2.05) is 12.1 Å². The van der Waals surface area contributed by atoms with Crippen LogP contribution in [0.15, 0.2) is 54.6 Å². The van der Waals surface area contributed by atoms with Gasteiger partial charge >= 0.3 is 0 Å². The Morgan fingerprint density at radius 3 is 2.58 bits per heavy atom. The lowest BCUT2D eigenvalue weighted by atomic mass is 10.1. The van der Waals surface area contributed by atoms with Crippen LogP contribution in [0.2, 0.25) is 0 Å². The van der Waals surface area contributed by atoms with E-state index < -0.39 is 10.8 Å². The molecule has 0 fully saturated rings. The van der Waals surface area contributed by atoms with Crippen molar-refractivity contribution in [2.75, 3.05) is 6.26 Å². The Labute approximate surface area is 119 Å². The van der Waals surface area contributed by atoms with Gasteiger partial charge in [-0.1, -0.05) is 42.5 Å². The summed E-state index contributed by atoms with van der Waals surface area (Å²) in [6.45, 7) is 0. The molecule has 0 N–H and O–H groups in total. The van der Waals surface area contributed by atoms with Crippen LogP contribution >= 0.6 is 11.3 Å². The van der Waals surface area contributed by atoms with Crippen molar-refractivity contribution in [1.29, 1.82) is 0 Å². The Bertz CT molecular complexity index is 710. The van der Waals surface area contributed by atoms with E-state index in [4.69, 9.17) is 0 Å². The lowest BCUT2D eigenvalue weighted by Gasteiger charge is -2.05. The van der Waals surface area contributed by atoms with Crippen molar-refractivity contribution in [3.8, 4) is 10.4 Å². The summed E-state index contributed by atoms with van der Waals surface area (Å²) in [5.74, 6) is 0.615. The molecule has 0 amide bonds. The molecule has 2 aromatic carbocycles. The van der Waals surface area contributed by atoms with Crippen LogP contribution in [0.5, 0.6) is 0 Å². The zero-order chi connectivity index (χ0) is 13.2. The second kappa shape index (κ2) is 5.27. The van der Waals surface area contributed by atoms with Crippen molar-refractivity contribution in [1.82, 2.24) is 0 Å². The van der Waals surface area contributed by atoms with E-state index in [1.165, 1.54) is 20.5 Å². The molecule has 0 spiro atoms. The van der Waals surface area contributed by atoms with Gasteiger partial charge in [0.1, 0.15) is 0 Å². The molecule has 0 radical (unpaired) electrons. The van der Waals surface area contributed by atoms with Crippen LogP contribution in [-0.2, 0) is 16.6 Å². The number of fused-ring (bicyclic) bond motifs is 1. The van der Waals surface area contributed by atoms with Gasteiger partial charge in [-0.05, 0) is 28.6 Å². The third-order valence-corrected chi connectivity index (χ3v) is 4.93. The molecule has 0 bridgehead atoms. The monoisotopic (exact) mass is 286 g/mol. The zero-order valence-corrected chi connectivity index (χ0v) is 12.3. The summed E-state index contributed by atoms with van der Waals surface area (Å²) in [7, 11) is -0.814. The standard InChI is InChI=1S/C16H14OS2/c1-19(17)11-13-7-2-4-8-14(13)16-10-12-6-3-5-9-15(12)18-16/h2-10H,11H2,1H3/t19-/m0/s1. The van der Waals surface area contributed by atoms with Gasteiger partial charge in [-0.15, -0.1) is 11.3 Å². The molecule has 3 rings (SSSR count). The van der Waals surface area contributed by atoms with Gasteiger partial charge in [-0.3, -0.25) is 4.21 Å². The van der Waals surface area contributed by atoms with Crippen LogP contribution in [0.4, 0.5) is 0 Å². The summed E-state index contributed by atoms with van der Waals surface area (Å²) >= 11 is 1.79. The molecule has 1 nitrogen and oxygen atoms in total. The summed E-state index contributed by atoms with van der Waals surface area (Å²) < 4.78 is 12.8. The first kappa shape index (κ1) is 12.6. The van der Waals surface area contributed by atoms with Crippen LogP contribution < -0.4 is 0 Å². The van der Waals surface area contributed by atoms with Crippen molar-refractivity contribution in [2.45, 2.75) is 5.75 Å². The van der Waals surface area contributed by atoms with Gasteiger partial charge in [0.25, 0.3) is 0 Å². The quantitative estimate of drug-likeness (QED) is 0.695. The molecule has 0 saturated heterocycles. The molecular formula is C16H14OS2. The minimum atomic E-state index is -0.814. The van der Waals surface area contributed by atoms with E-state index >= 15 is 0 Å². The molecule has 1 aromatic heterocycles. The summed E-state index contributed by atoms with van der Waals surface area (Å²) in [4.78, 5) is 1.25. The normalized spacial score (nSPS) is 12.7. The van der Waals surface area contributed by atoms with Crippen LogP contribution in [-0.4, -0.2) is 10.5 Å². The molecule has 0 unspecified atom stereocenters. The molecule has 0 aliphatic heterocycles. The SMILES string of the molecule is C[S@](=O)Cc1ccccc1-c1cc2ccccc2s1. The zero-order valence-electron chi connectivity index (χ0n) is 10.6. The Balaban J connectivity index is 2.13. The highest BCUT2D eigenvalue weighted by molar-refractivity contribution is 7.83. The lowest BCUT2D eigenvalue weighted by Crippen LogP contribution is -1.94. The Morgan fingerprint density at radius 1 is 1.05 bits per heavy atom. The van der Waals surface area contributed by atoms with Crippen molar-refractivity contribution in [3.05, 3.63) is 60.2 Å². The summed E-state index contributed by atoms with van der Waals surface area (Å²) in [6.07, 6.45) is 1.75. The molecule has 0 aliphatic carbocycles. The first-order chi connectivity index (χ1) is 9.24. The van der Waals surface area contributed by atoms with Crippen molar-refractivity contribution < 1.29 is 4.21 Å². The highest BCUT2D eigenvalue weighted by Gasteiger charge is 2.09. The van der Waals surface area contributed by atoms with Gasteiger partial charge < -0.3 is 0 Å². The maximum atomic E-state index is 11.5. The Kier molecular flexibility index (Phi) is 3.49. The van der Waals surface area contributed by atoms with E-state index in [0.717, 1.165) is 5.56 Å². The van der Waals surface area contributed by atoms with Crippen molar-refractivity contribution >= 4 is 32.2 Å². The highest BCUT2D eigenvalue weighted by atomic mass is 32.2. The molecule has 19 heavy (non-hydrogen) atoms. The molecule has 0 saturated carbocycles. The van der Waals surface area contributed by atoms with Crippen LogP contribution in [0.25, 0.3) is 20.5 Å². The van der Waals surface area contributed by atoms with Crippen LogP contribution in [0.1, 0.15) is 5.56 Å². The predicted octanol–water partition coefficient (Wildman–Crippen LogP) is 4.45. The van der Waals surface area contributed by atoms with E-state index in [-0.39, 0.29) is 0 Å². The van der Waals surface area contributed by atoms with E-state index in [0.29, 0.717) is 5.75 Å². The Hall–Kier alpha value is -1.45. The van der Waals surface area contributed by atoms with Crippen molar-refractivity contribution in [3.63, 3.8) is 0 Å². The summed E-state index contributed by atoms with van der Waals surface area (Å²) in [6, 6.07) is 18.9. The number of benzene rings is 2. The van der Waals surface area contributed by atoms with Gasteiger partial charge in [0, 0.05) is 32.4 Å². The molecule has 1 atom stereocenters. The van der Waals surface area contributed by atoms with Crippen LogP contribution in [0.3, 0.4) is 0 Å². The van der Waals surface area contributed by atoms with Crippen molar-refractivity contribution in [2.24, 2.45) is 0 Å². The average molecular weight is 286 g/mol. The third-order valence-electron chi connectivity index (χ3n) is 3.07. The van der Waals surface area contributed by atoms with Gasteiger partial charge in [-0.2, -0.15) is 0 Å². The highest BCUT2D eigenvalue weighted by Crippen LogP contribution is 2.35. The topological polar surface area (TPSA) is 17.1 Å². The summed E-state index contributed by atoms with van der Waals surface area (Å²) in [5, 5.41) is 1.27. The third kappa shape index (κ3) is 2.62. The fourth-order valence-electron chi connectivity index (χ4n) is 2.22. The number of hydrogen-bond acceptors (Lipinski definition) is 2. The number of hydrogen-bond donors (Lipinski definition) is 0. The van der Waals surface area contributed by atoms with Gasteiger partial charge in [0.2, 0.25) is 0 Å². The molecule has 0 aliphatic rings. The smallest absolute Gasteiger partial charge is 0.0489 e. The lowest BCUT2D eigenvalue weighted by molar-refractivity contribution is 0.686. The maximum absolute atomic E-state index is 11.5. The predicted molar refractivity (Wildman–Crippen MR) is 85.0 cm³/mol. The second-order valence-electron chi connectivity index (χ2n) is 4.52. The van der Waals surface area contributed by atoms with Gasteiger partial charge in [0.05, 0.1) is 0 Å². The van der Waals surface area contributed by atoms with E-state index in [1.54, 1.807) is 17.6 Å². The second-order valence-corrected chi connectivity index (χ2v) is 7.04. The Morgan fingerprint density at radius 2 is 1.79 bits per heavy atom. The molecule has 3 aromatic rings. The first-order valence-electron chi connectivity index (χ1n) is 6.11. The number of thiophene rings is 1. The summed E-state index contributed by atoms with van der Waals surface area (Å²) in [5.41, 5.74) is 2.37. The fraction of sp³-hybridized carbons (Fsp3) is 0.125. The fourth-order valence-corrected chi connectivity index (χ4v) is 4.03. The maximum Gasteiger partial charge on any atom is 0.0489 e. The van der Waals surface area contributed by atoms with E-state index in [2.05, 4.69) is 42.5 Å². The minimum absolute atomic E-state index is 0.615. The largest absolute Gasteiger partial charge is 0.260 e. The molecule has 3 heteroatoms. The van der Waals surface area contributed by atoms with E-state index in [9.17, 15) is 4.21 Å². The molecule has 96 valence electrons. The minimum Gasteiger partial charge on any atom is -0.260 e. The first-order valence-corrected chi connectivity index (χ1v) is 8.65. The van der Waals surface area contributed by atoms with Gasteiger partial charge in [-0.25, -0.2) is 0 Å². The molecular weight excluding hydrogens is 272 g/mol. The van der Waals surface area contributed by atoms with Gasteiger partial charge in [0.15, 0.2) is 0 Å². The van der Waals surface area contributed by atoms with Crippen LogP contribution in [0, 0.1) is 0 Å².